The highest BCUT2D eigenvalue weighted by atomic mass is 16.5. The van der Waals surface area contributed by atoms with Crippen LogP contribution >= 0.6 is 0 Å². The highest BCUT2D eigenvalue weighted by Crippen LogP contribution is 2.65. The second kappa shape index (κ2) is 11.8. The summed E-state index contributed by atoms with van der Waals surface area (Å²) >= 11 is 0. The Hall–Kier alpha value is -2.97. The molecule has 3 fully saturated rings. The van der Waals surface area contributed by atoms with E-state index in [-0.39, 0.29) is 36.3 Å². The van der Waals surface area contributed by atoms with Crippen LogP contribution in [0.3, 0.4) is 0 Å². The monoisotopic (exact) mass is 593 g/mol. The lowest BCUT2D eigenvalue weighted by atomic mass is 9.64. The Morgan fingerprint density at radius 1 is 1.09 bits per heavy atom. The number of fused-ring (bicyclic) bond motifs is 1. The Morgan fingerprint density at radius 3 is 2.26 bits per heavy atom. The zero-order valence-electron chi connectivity index (χ0n) is 27.1. The maximum atomic E-state index is 14.9. The third-order valence-corrected chi connectivity index (χ3v) is 9.77. The molecule has 1 N–H and O–H groups in total. The molecule has 2 bridgehead atoms. The van der Waals surface area contributed by atoms with Gasteiger partial charge >= 0.3 is 0 Å². The van der Waals surface area contributed by atoms with Crippen molar-refractivity contribution in [3.05, 3.63) is 55.6 Å². The SMILES string of the molecule is C=CCN(C(=O)[C@@H]1[C@H]2C(=O)N([C@H](C)CO)C(C(=O)N(CC=C)C(C)(C)CC(C)(C)C)C23CC[C@@]1(CC)O3)c1ccccc1. The minimum absolute atomic E-state index is 0.0638. The van der Waals surface area contributed by atoms with Gasteiger partial charge in [0.1, 0.15) is 11.6 Å². The molecule has 3 aliphatic rings. The van der Waals surface area contributed by atoms with Crippen molar-refractivity contribution in [2.45, 2.75) is 103 Å². The van der Waals surface area contributed by atoms with Gasteiger partial charge in [0, 0.05) is 24.3 Å². The molecular weight excluding hydrogens is 542 g/mol. The molecule has 1 aromatic carbocycles. The van der Waals surface area contributed by atoms with Gasteiger partial charge in [-0.25, -0.2) is 0 Å². The van der Waals surface area contributed by atoms with Crippen molar-refractivity contribution in [2.24, 2.45) is 17.3 Å². The largest absolute Gasteiger partial charge is 0.394 e. The molecule has 0 saturated carbocycles. The summed E-state index contributed by atoms with van der Waals surface area (Å²) in [7, 11) is 0. The van der Waals surface area contributed by atoms with E-state index >= 15 is 0 Å². The number of amides is 3. The molecule has 0 radical (unpaired) electrons. The second-order valence-corrected chi connectivity index (χ2v) is 14.5. The number of hydrogen-bond donors (Lipinski definition) is 1. The lowest BCUT2D eigenvalue weighted by molar-refractivity contribution is -0.159. The molecule has 4 rings (SSSR count). The summed E-state index contributed by atoms with van der Waals surface area (Å²) < 4.78 is 7.00. The number of hydrogen-bond acceptors (Lipinski definition) is 5. The molecule has 8 nitrogen and oxygen atoms in total. The first-order valence-electron chi connectivity index (χ1n) is 15.7. The van der Waals surface area contributed by atoms with E-state index in [1.54, 1.807) is 24.0 Å². The Labute approximate surface area is 257 Å². The first-order chi connectivity index (χ1) is 20.1. The lowest BCUT2D eigenvalue weighted by Gasteiger charge is -2.46. The van der Waals surface area contributed by atoms with E-state index in [0.29, 0.717) is 25.8 Å². The van der Waals surface area contributed by atoms with Crippen molar-refractivity contribution in [1.29, 1.82) is 0 Å². The zero-order chi connectivity index (χ0) is 32.0. The lowest BCUT2D eigenvalue weighted by Crippen LogP contribution is -2.62. The maximum absolute atomic E-state index is 14.9. The van der Waals surface area contributed by atoms with Crippen LogP contribution in [0.4, 0.5) is 5.69 Å². The molecule has 6 atom stereocenters. The number of benzene rings is 1. The molecule has 3 saturated heterocycles. The topological polar surface area (TPSA) is 90.4 Å². The van der Waals surface area contributed by atoms with E-state index in [1.165, 1.54) is 4.90 Å². The molecule has 0 aliphatic carbocycles. The summed E-state index contributed by atoms with van der Waals surface area (Å²) in [4.78, 5) is 49.1. The average molecular weight is 594 g/mol. The number of nitrogens with zero attached hydrogens (tertiary/aromatic N) is 3. The average Bonchev–Trinajstić information content (AvgIpc) is 3.56. The molecule has 1 aromatic rings. The van der Waals surface area contributed by atoms with Gasteiger partial charge in [0.15, 0.2) is 0 Å². The Balaban J connectivity index is 1.86. The molecule has 8 heteroatoms. The fourth-order valence-corrected chi connectivity index (χ4v) is 8.41. The van der Waals surface area contributed by atoms with E-state index in [1.807, 2.05) is 56.0 Å². The Bertz CT molecular complexity index is 1240. The molecule has 236 valence electrons. The van der Waals surface area contributed by atoms with Gasteiger partial charge in [-0.1, -0.05) is 58.0 Å². The Morgan fingerprint density at radius 2 is 1.72 bits per heavy atom. The van der Waals surface area contributed by atoms with E-state index in [2.05, 4.69) is 33.9 Å². The van der Waals surface area contributed by atoms with Crippen LogP contribution in [0.25, 0.3) is 0 Å². The zero-order valence-corrected chi connectivity index (χ0v) is 27.1. The summed E-state index contributed by atoms with van der Waals surface area (Å²) in [6.45, 7) is 22.4. The normalized spacial score (nSPS) is 28.9. The van der Waals surface area contributed by atoms with E-state index < -0.39 is 40.7 Å². The fourth-order valence-electron chi connectivity index (χ4n) is 8.41. The molecule has 1 spiro atoms. The Kier molecular flexibility index (Phi) is 9.07. The van der Waals surface area contributed by atoms with Crippen LogP contribution in [0.1, 0.15) is 74.1 Å². The van der Waals surface area contributed by atoms with Crippen molar-refractivity contribution >= 4 is 23.4 Å². The summed E-state index contributed by atoms with van der Waals surface area (Å²) in [6.07, 6.45) is 5.71. The summed E-state index contributed by atoms with van der Waals surface area (Å²) in [5.41, 5.74) is -1.95. The van der Waals surface area contributed by atoms with Gasteiger partial charge in [0.05, 0.1) is 30.1 Å². The van der Waals surface area contributed by atoms with E-state index in [9.17, 15) is 19.5 Å². The standard InChI is InChI=1S/C35H51N3O5/c1-10-20-36(25-16-14-13-15-17-25)29(40)26-27-30(41)38(24(4)22-39)28(35(27)19-18-34(26,12-3)43-35)31(42)37(21-11-2)33(8,9)23-32(5,6)7/h10-11,13-17,24,26-28,39H,1-2,12,18-23H2,3-9H3/t24-,26+,27+,28?,34-,35?/m1/s1. The van der Waals surface area contributed by atoms with Crippen molar-refractivity contribution in [2.75, 3.05) is 24.6 Å². The van der Waals surface area contributed by atoms with Gasteiger partial charge in [0.25, 0.3) is 0 Å². The number of ether oxygens (including phenoxy) is 1. The quantitative estimate of drug-likeness (QED) is 0.346. The first-order valence-corrected chi connectivity index (χ1v) is 15.7. The van der Waals surface area contributed by atoms with E-state index in [0.717, 1.165) is 12.1 Å². The van der Waals surface area contributed by atoms with Gasteiger partial charge in [-0.3, -0.25) is 14.4 Å². The highest BCUT2D eigenvalue weighted by Gasteiger charge is 2.79. The molecular formula is C35H51N3O5. The van der Waals surface area contributed by atoms with Crippen molar-refractivity contribution < 1.29 is 24.2 Å². The third-order valence-electron chi connectivity index (χ3n) is 9.77. The number of anilines is 1. The van der Waals surface area contributed by atoms with Gasteiger partial charge in [0.2, 0.25) is 17.7 Å². The van der Waals surface area contributed by atoms with Crippen LogP contribution < -0.4 is 4.90 Å². The number of carbonyl (C=O) groups is 3. The van der Waals surface area contributed by atoms with Crippen molar-refractivity contribution in [1.82, 2.24) is 9.80 Å². The molecule has 3 heterocycles. The van der Waals surface area contributed by atoms with Gasteiger partial charge in [-0.15, -0.1) is 13.2 Å². The number of para-hydroxylation sites is 1. The number of aliphatic hydroxyl groups is 1. The summed E-state index contributed by atoms with van der Waals surface area (Å²) in [5, 5.41) is 10.3. The van der Waals surface area contributed by atoms with Crippen LogP contribution in [-0.4, -0.2) is 81.1 Å². The number of likely N-dealkylation sites (tertiary alicyclic amines) is 1. The smallest absolute Gasteiger partial charge is 0.249 e. The van der Waals surface area contributed by atoms with Crippen LogP contribution in [0.2, 0.25) is 0 Å². The first kappa shape index (κ1) is 32.9. The minimum atomic E-state index is -1.18. The van der Waals surface area contributed by atoms with Crippen LogP contribution in [0.15, 0.2) is 55.6 Å². The van der Waals surface area contributed by atoms with Crippen LogP contribution in [0, 0.1) is 17.3 Å². The molecule has 0 aromatic heterocycles. The van der Waals surface area contributed by atoms with Gasteiger partial charge in [-0.2, -0.15) is 0 Å². The number of rotatable bonds is 12. The van der Waals surface area contributed by atoms with Gasteiger partial charge < -0.3 is 24.5 Å². The second-order valence-electron chi connectivity index (χ2n) is 14.5. The molecule has 43 heavy (non-hydrogen) atoms. The van der Waals surface area contributed by atoms with Crippen molar-refractivity contribution in [3.8, 4) is 0 Å². The summed E-state index contributed by atoms with van der Waals surface area (Å²) in [6, 6.07) is 7.79. The fraction of sp³-hybridized carbons (Fsp3) is 0.629. The minimum Gasteiger partial charge on any atom is -0.394 e. The van der Waals surface area contributed by atoms with Gasteiger partial charge in [-0.05, 0) is 64.0 Å². The van der Waals surface area contributed by atoms with Crippen molar-refractivity contribution in [3.63, 3.8) is 0 Å². The maximum Gasteiger partial charge on any atom is 0.249 e. The number of carbonyl (C=O) groups excluding carboxylic acids is 3. The highest BCUT2D eigenvalue weighted by molar-refractivity contribution is 6.03. The molecule has 3 aliphatic heterocycles. The van der Waals surface area contributed by atoms with Crippen LogP contribution in [0.5, 0.6) is 0 Å². The van der Waals surface area contributed by atoms with E-state index in [4.69, 9.17) is 4.74 Å². The van der Waals surface area contributed by atoms with Crippen LogP contribution in [-0.2, 0) is 19.1 Å². The number of aliphatic hydroxyl groups excluding tert-OH is 1. The molecule has 2 unspecified atom stereocenters. The predicted octanol–water partition coefficient (Wildman–Crippen LogP) is 4.97. The predicted molar refractivity (Wildman–Crippen MR) is 169 cm³/mol. The molecule has 3 amide bonds. The third kappa shape index (κ3) is 5.46. The summed E-state index contributed by atoms with van der Waals surface area (Å²) in [5.74, 6) is -2.35.